The van der Waals surface area contributed by atoms with Crippen molar-refractivity contribution in [2.75, 3.05) is 0 Å². The maximum atomic E-state index is 12.4. The largest absolute Gasteiger partial charge is 0.294 e. The van der Waals surface area contributed by atoms with Crippen LogP contribution < -0.4 is 0 Å². The van der Waals surface area contributed by atoms with Crippen molar-refractivity contribution in [3.63, 3.8) is 0 Å². The van der Waals surface area contributed by atoms with E-state index in [0.29, 0.717) is 12.0 Å². The van der Waals surface area contributed by atoms with E-state index in [-0.39, 0.29) is 11.3 Å². The van der Waals surface area contributed by atoms with E-state index in [0.717, 1.165) is 17.7 Å². The van der Waals surface area contributed by atoms with E-state index < -0.39 is 0 Å². The molecule has 1 aromatic heterocycles. The average Bonchev–Trinajstić information content (AvgIpc) is 2.47. The Morgan fingerprint density at radius 3 is 2.62 bits per heavy atom. The van der Waals surface area contributed by atoms with Gasteiger partial charge in [0.15, 0.2) is 5.78 Å². The van der Waals surface area contributed by atoms with Crippen molar-refractivity contribution in [3.05, 3.63) is 65.5 Å². The molecule has 2 heterocycles. The molecular formula is C18H18N2O. The number of benzene rings is 1. The Morgan fingerprint density at radius 1 is 1.14 bits per heavy atom. The summed E-state index contributed by atoms with van der Waals surface area (Å²) in [4.78, 5) is 21.2. The first-order valence-corrected chi connectivity index (χ1v) is 7.15. The Bertz CT molecular complexity index is 702. The number of carbonyl (C=O) groups excluding carboxylic acids is 1. The van der Waals surface area contributed by atoms with Gasteiger partial charge in [-0.3, -0.25) is 14.8 Å². The Balaban J connectivity index is 1.93. The zero-order valence-electron chi connectivity index (χ0n) is 12.3. The first-order chi connectivity index (χ1) is 10.1. The minimum Gasteiger partial charge on any atom is -0.294 e. The molecule has 0 saturated heterocycles. The predicted octanol–water partition coefficient (Wildman–Crippen LogP) is 3.48. The standard InChI is InChI=1S/C18H18N2O/c1-18(2)12-14-5-3-4-6-15(14)16(20-18)11-17(21)13-7-9-19-10-8-13/h3-10H,11-12H2,1-2H3. The van der Waals surface area contributed by atoms with Crippen molar-refractivity contribution in [3.8, 4) is 0 Å². The number of hydrogen-bond donors (Lipinski definition) is 0. The lowest BCUT2D eigenvalue weighted by Gasteiger charge is -2.28. The van der Waals surface area contributed by atoms with E-state index in [1.54, 1.807) is 24.5 Å². The number of aliphatic imine (C=N–C) groups is 1. The van der Waals surface area contributed by atoms with Gasteiger partial charge in [-0.15, -0.1) is 0 Å². The molecule has 0 radical (unpaired) electrons. The number of aromatic nitrogens is 1. The molecule has 1 aliphatic rings. The molecule has 3 heteroatoms. The summed E-state index contributed by atoms with van der Waals surface area (Å²) in [6.07, 6.45) is 4.54. The summed E-state index contributed by atoms with van der Waals surface area (Å²) >= 11 is 0. The summed E-state index contributed by atoms with van der Waals surface area (Å²) in [6.45, 7) is 4.22. The molecule has 106 valence electrons. The summed E-state index contributed by atoms with van der Waals surface area (Å²) < 4.78 is 0. The Morgan fingerprint density at radius 2 is 1.86 bits per heavy atom. The Labute approximate surface area is 124 Å². The van der Waals surface area contributed by atoms with Gasteiger partial charge < -0.3 is 0 Å². The van der Waals surface area contributed by atoms with Crippen LogP contribution in [-0.2, 0) is 6.42 Å². The highest BCUT2D eigenvalue weighted by Crippen LogP contribution is 2.28. The van der Waals surface area contributed by atoms with Crippen LogP contribution in [0.3, 0.4) is 0 Å². The summed E-state index contributed by atoms with van der Waals surface area (Å²) in [5.74, 6) is 0.0867. The third-order valence-corrected chi connectivity index (χ3v) is 3.72. The van der Waals surface area contributed by atoms with Gasteiger partial charge in [-0.05, 0) is 43.5 Å². The first-order valence-electron chi connectivity index (χ1n) is 7.15. The second kappa shape index (κ2) is 5.24. The van der Waals surface area contributed by atoms with E-state index >= 15 is 0 Å². The number of nitrogens with zero attached hydrogens (tertiary/aromatic N) is 2. The smallest absolute Gasteiger partial charge is 0.168 e. The fourth-order valence-electron chi connectivity index (χ4n) is 2.81. The molecule has 0 spiro atoms. The Hall–Kier alpha value is -2.29. The van der Waals surface area contributed by atoms with Crippen LogP contribution in [0, 0.1) is 0 Å². The molecule has 3 rings (SSSR count). The predicted molar refractivity (Wildman–Crippen MR) is 83.9 cm³/mol. The van der Waals surface area contributed by atoms with E-state index in [1.807, 2.05) is 12.1 Å². The minimum atomic E-state index is -0.151. The van der Waals surface area contributed by atoms with Crippen molar-refractivity contribution in [2.45, 2.75) is 32.2 Å². The Kier molecular flexibility index (Phi) is 3.42. The van der Waals surface area contributed by atoms with Crippen LogP contribution >= 0.6 is 0 Å². The molecule has 0 fully saturated rings. The summed E-state index contributed by atoms with van der Waals surface area (Å²) in [5.41, 5.74) is 3.81. The molecule has 0 atom stereocenters. The van der Waals surface area contributed by atoms with Gasteiger partial charge in [0.1, 0.15) is 0 Å². The number of ketones is 1. The number of fused-ring (bicyclic) bond motifs is 1. The van der Waals surface area contributed by atoms with E-state index in [4.69, 9.17) is 4.99 Å². The molecule has 0 N–H and O–H groups in total. The molecule has 0 saturated carbocycles. The number of pyridine rings is 1. The second-order valence-corrected chi connectivity index (χ2v) is 6.04. The van der Waals surface area contributed by atoms with Gasteiger partial charge in [-0.1, -0.05) is 24.3 Å². The van der Waals surface area contributed by atoms with Crippen molar-refractivity contribution in [1.82, 2.24) is 4.98 Å². The third-order valence-electron chi connectivity index (χ3n) is 3.72. The molecule has 1 aliphatic heterocycles. The maximum Gasteiger partial charge on any atom is 0.168 e. The minimum absolute atomic E-state index is 0.0867. The van der Waals surface area contributed by atoms with Gasteiger partial charge in [-0.25, -0.2) is 0 Å². The van der Waals surface area contributed by atoms with Gasteiger partial charge in [0, 0.05) is 18.0 Å². The van der Waals surface area contributed by atoms with Crippen LogP contribution in [0.1, 0.15) is 41.8 Å². The molecular weight excluding hydrogens is 260 g/mol. The molecule has 0 aliphatic carbocycles. The monoisotopic (exact) mass is 278 g/mol. The zero-order valence-corrected chi connectivity index (χ0v) is 12.3. The number of carbonyl (C=O) groups is 1. The van der Waals surface area contributed by atoms with Crippen molar-refractivity contribution < 1.29 is 4.79 Å². The van der Waals surface area contributed by atoms with Crippen LogP contribution in [0.2, 0.25) is 0 Å². The summed E-state index contributed by atoms with van der Waals surface area (Å²) in [7, 11) is 0. The van der Waals surface area contributed by atoms with Crippen LogP contribution in [0.4, 0.5) is 0 Å². The highest BCUT2D eigenvalue weighted by atomic mass is 16.1. The molecule has 2 aromatic rings. The van der Waals surface area contributed by atoms with Crippen LogP contribution in [0.15, 0.2) is 53.8 Å². The normalized spacial score (nSPS) is 16.0. The molecule has 3 nitrogen and oxygen atoms in total. The SMILES string of the molecule is CC1(C)Cc2ccccc2C(CC(=O)c2ccncc2)=N1. The van der Waals surface area contributed by atoms with E-state index in [2.05, 4.69) is 31.0 Å². The first kappa shape index (κ1) is 13.7. The number of Topliss-reactive ketones (excluding diaryl/α,β-unsaturated/α-hetero) is 1. The second-order valence-electron chi connectivity index (χ2n) is 6.04. The summed E-state index contributed by atoms with van der Waals surface area (Å²) in [5, 5.41) is 0. The lowest BCUT2D eigenvalue weighted by atomic mass is 9.85. The molecule has 1 aromatic carbocycles. The van der Waals surface area contributed by atoms with Crippen LogP contribution in [-0.4, -0.2) is 22.0 Å². The molecule has 0 unspecified atom stereocenters. The summed E-state index contributed by atoms with van der Waals surface area (Å²) in [6, 6.07) is 11.7. The van der Waals surface area contributed by atoms with E-state index in [1.165, 1.54) is 5.56 Å². The van der Waals surface area contributed by atoms with Gasteiger partial charge in [0.2, 0.25) is 0 Å². The highest BCUT2D eigenvalue weighted by molar-refractivity contribution is 6.16. The zero-order chi connectivity index (χ0) is 14.9. The van der Waals surface area contributed by atoms with Gasteiger partial charge in [0.05, 0.1) is 17.7 Å². The number of hydrogen-bond acceptors (Lipinski definition) is 3. The van der Waals surface area contributed by atoms with Crippen molar-refractivity contribution in [2.24, 2.45) is 4.99 Å². The van der Waals surface area contributed by atoms with Crippen LogP contribution in [0.5, 0.6) is 0 Å². The van der Waals surface area contributed by atoms with Gasteiger partial charge >= 0.3 is 0 Å². The van der Waals surface area contributed by atoms with Crippen molar-refractivity contribution >= 4 is 11.5 Å². The van der Waals surface area contributed by atoms with Gasteiger partial charge in [0.25, 0.3) is 0 Å². The molecule has 0 amide bonds. The maximum absolute atomic E-state index is 12.4. The molecule has 21 heavy (non-hydrogen) atoms. The third kappa shape index (κ3) is 2.92. The molecule has 0 bridgehead atoms. The topological polar surface area (TPSA) is 42.3 Å². The number of rotatable bonds is 3. The fraction of sp³-hybridized carbons (Fsp3) is 0.278. The van der Waals surface area contributed by atoms with Crippen LogP contribution in [0.25, 0.3) is 0 Å². The highest BCUT2D eigenvalue weighted by Gasteiger charge is 2.27. The quantitative estimate of drug-likeness (QED) is 0.807. The van der Waals surface area contributed by atoms with E-state index in [9.17, 15) is 4.79 Å². The average molecular weight is 278 g/mol. The van der Waals surface area contributed by atoms with Gasteiger partial charge in [-0.2, -0.15) is 0 Å². The van der Waals surface area contributed by atoms with Crippen molar-refractivity contribution in [1.29, 1.82) is 0 Å². The fourth-order valence-corrected chi connectivity index (χ4v) is 2.81. The lowest BCUT2D eigenvalue weighted by molar-refractivity contribution is 0.100. The lowest BCUT2D eigenvalue weighted by Crippen LogP contribution is -2.29.